The van der Waals surface area contributed by atoms with Crippen molar-refractivity contribution in [2.24, 2.45) is 4.99 Å². The van der Waals surface area contributed by atoms with Crippen molar-refractivity contribution in [2.45, 2.75) is 0 Å². The fraction of sp³-hybridized carbons (Fsp3) is 0.118. The number of aromatic amines is 1. The normalized spacial score (nSPS) is 11.3. The number of aromatic nitrogens is 1. The van der Waals surface area contributed by atoms with Crippen LogP contribution >= 0.6 is 0 Å². The Balaban J connectivity index is 1.82. The van der Waals surface area contributed by atoms with E-state index in [0.717, 1.165) is 16.8 Å². The third-order valence-electron chi connectivity index (χ3n) is 3.31. The van der Waals surface area contributed by atoms with Crippen LogP contribution in [0.2, 0.25) is 0 Å². The molecule has 0 bridgehead atoms. The number of benzene rings is 2. The van der Waals surface area contributed by atoms with Crippen LogP contribution in [-0.4, -0.2) is 25.3 Å². The molecule has 0 saturated heterocycles. The molecular weight excluding hydrogens is 246 g/mol. The van der Waals surface area contributed by atoms with Gasteiger partial charge in [0.1, 0.15) is 0 Å². The van der Waals surface area contributed by atoms with Crippen molar-refractivity contribution in [3.8, 4) is 0 Å². The van der Waals surface area contributed by atoms with Gasteiger partial charge in [0.15, 0.2) is 0 Å². The first kappa shape index (κ1) is 12.5. The van der Waals surface area contributed by atoms with Crippen molar-refractivity contribution in [3.05, 3.63) is 60.3 Å². The van der Waals surface area contributed by atoms with Crippen molar-refractivity contribution in [1.29, 1.82) is 0 Å². The van der Waals surface area contributed by atoms with E-state index in [9.17, 15) is 0 Å². The predicted octanol–water partition coefficient (Wildman–Crippen LogP) is 3.98. The van der Waals surface area contributed by atoms with Crippen LogP contribution in [0.25, 0.3) is 10.9 Å². The molecule has 3 heteroatoms. The van der Waals surface area contributed by atoms with Crippen LogP contribution in [0.15, 0.2) is 59.7 Å². The smallest absolute Gasteiger partial charge is 0.0650 e. The Hall–Kier alpha value is -2.55. The van der Waals surface area contributed by atoms with Gasteiger partial charge < -0.3 is 9.88 Å². The number of anilines is 1. The highest BCUT2D eigenvalue weighted by atomic mass is 15.1. The van der Waals surface area contributed by atoms with Gasteiger partial charge in [0.25, 0.3) is 0 Å². The van der Waals surface area contributed by atoms with Gasteiger partial charge in [-0.05, 0) is 41.3 Å². The molecule has 0 spiro atoms. The fourth-order valence-electron chi connectivity index (χ4n) is 2.12. The Labute approximate surface area is 118 Å². The molecule has 3 aromatic rings. The molecule has 2 aromatic carbocycles. The van der Waals surface area contributed by atoms with Crippen LogP contribution in [0.5, 0.6) is 0 Å². The summed E-state index contributed by atoms with van der Waals surface area (Å²) in [6, 6.07) is 16.6. The standard InChI is InChI=1S/C17H17N3/c1-20(2)16-7-3-13(4-8-16)12-19-15-6-5-14-9-10-18-17(14)11-15/h3-12,18H,1-2H3. The monoisotopic (exact) mass is 263 g/mol. The van der Waals surface area contributed by atoms with Gasteiger partial charge in [-0.15, -0.1) is 0 Å². The number of fused-ring (bicyclic) bond motifs is 1. The van der Waals surface area contributed by atoms with Gasteiger partial charge in [-0.2, -0.15) is 0 Å². The van der Waals surface area contributed by atoms with Gasteiger partial charge in [0.05, 0.1) is 5.69 Å². The first-order valence-corrected chi connectivity index (χ1v) is 6.61. The van der Waals surface area contributed by atoms with Gasteiger partial charge in [-0.1, -0.05) is 18.2 Å². The summed E-state index contributed by atoms with van der Waals surface area (Å²) in [6.45, 7) is 0. The summed E-state index contributed by atoms with van der Waals surface area (Å²) >= 11 is 0. The summed E-state index contributed by atoms with van der Waals surface area (Å²) in [7, 11) is 4.07. The van der Waals surface area contributed by atoms with Crippen LogP contribution in [-0.2, 0) is 0 Å². The maximum absolute atomic E-state index is 4.52. The number of nitrogens with zero attached hydrogens (tertiary/aromatic N) is 2. The van der Waals surface area contributed by atoms with Gasteiger partial charge in [-0.3, -0.25) is 4.99 Å². The van der Waals surface area contributed by atoms with E-state index in [-0.39, 0.29) is 0 Å². The van der Waals surface area contributed by atoms with Crippen molar-refractivity contribution in [2.75, 3.05) is 19.0 Å². The van der Waals surface area contributed by atoms with Crippen LogP contribution in [0, 0.1) is 0 Å². The summed E-state index contributed by atoms with van der Waals surface area (Å²) in [5, 5.41) is 1.21. The van der Waals surface area contributed by atoms with E-state index in [1.54, 1.807) is 0 Å². The number of aliphatic imine (C=N–C) groups is 1. The lowest BCUT2D eigenvalue weighted by molar-refractivity contribution is 1.13. The Morgan fingerprint density at radius 1 is 1.00 bits per heavy atom. The number of hydrogen-bond acceptors (Lipinski definition) is 2. The quantitative estimate of drug-likeness (QED) is 0.712. The van der Waals surface area contributed by atoms with E-state index < -0.39 is 0 Å². The van der Waals surface area contributed by atoms with Crippen molar-refractivity contribution >= 4 is 28.5 Å². The second-order valence-corrected chi connectivity index (χ2v) is 4.99. The molecule has 0 aliphatic rings. The molecule has 0 amide bonds. The Morgan fingerprint density at radius 2 is 1.80 bits per heavy atom. The molecule has 0 radical (unpaired) electrons. The SMILES string of the molecule is CN(C)c1ccc(C=Nc2ccc3cc[nH]c3c2)cc1. The Kier molecular flexibility index (Phi) is 3.25. The van der Waals surface area contributed by atoms with Crippen LogP contribution in [0.4, 0.5) is 11.4 Å². The third kappa shape index (κ3) is 2.57. The highest BCUT2D eigenvalue weighted by Crippen LogP contribution is 2.20. The first-order valence-electron chi connectivity index (χ1n) is 6.61. The topological polar surface area (TPSA) is 31.4 Å². The van der Waals surface area contributed by atoms with Crippen LogP contribution in [0.1, 0.15) is 5.56 Å². The maximum atomic E-state index is 4.52. The summed E-state index contributed by atoms with van der Waals surface area (Å²) in [6.07, 6.45) is 3.84. The minimum atomic E-state index is 0.955. The third-order valence-corrected chi connectivity index (χ3v) is 3.31. The van der Waals surface area contributed by atoms with E-state index in [1.165, 1.54) is 11.1 Å². The van der Waals surface area contributed by atoms with Crippen LogP contribution < -0.4 is 4.90 Å². The predicted molar refractivity (Wildman–Crippen MR) is 86.3 cm³/mol. The molecule has 0 atom stereocenters. The number of H-pyrrole nitrogens is 1. The van der Waals surface area contributed by atoms with Gasteiger partial charge in [0, 0.05) is 37.7 Å². The van der Waals surface area contributed by atoms with Gasteiger partial charge in [0.2, 0.25) is 0 Å². The van der Waals surface area contributed by atoms with E-state index >= 15 is 0 Å². The van der Waals surface area contributed by atoms with E-state index in [0.29, 0.717) is 0 Å². The average Bonchev–Trinajstić information content (AvgIpc) is 2.93. The van der Waals surface area contributed by atoms with E-state index in [2.05, 4.69) is 57.3 Å². The Bertz CT molecular complexity index is 736. The lowest BCUT2D eigenvalue weighted by atomic mass is 10.2. The fourth-order valence-corrected chi connectivity index (χ4v) is 2.12. The molecule has 0 fully saturated rings. The lowest BCUT2D eigenvalue weighted by Gasteiger charge is -2.11. The molecule has 0 aliphatic carbocycles. The molecule has 1 N–H and O–H groups in total. The highest BCUT2D eigenvalue weighted by Gasteiger charge is 1.96. The zero-order chi connectivity index (χ0) is 13.9. The van der Waals surface area contributed by atoms with Crippen molar-refractivity contribution < 1.29 is 0 Å². The molecule has 1 aromatic heterocycles. The molecule has 3 rings (SSSR count). The average molecular weight is 263 g/mol. The zero-order valence-electron chi connectivity index (χ0n) is 11.7. The zero-order valence-corrected chi connectivity index (χ0v) is 11.7. The maximum Gasteiger partial charge on any atom is 0.0650 e. The van der Waals surface area contributed by atoms with E-state index in [1.807, 2.05) is 32.6 Å². The molecule has 100 valence electrons. The summed E-state index contributed by atoms with van der Waals surface area (Å²) in [5.74, 6) is 0. The number of nitrogens with one attached hydrogen (secondary N) is 1. The minimum Gasteiger partial charge on any atom is -0.378 e. The first-order chi connectivity index (χ1) is 9.72. The second-order valence-electron chi connectivity index (χ2n) is 4.99. The largest absolute Gasteiger partial charge is 0.378 e. The molecule has 3 nitrogen and oxygen atoms in total. The number of hydrogen-bond donors (Lipinski definition) is 1. The summed E-state index contributed by atoms with van der Waals surface area (Å²) in [4.78, 5) is 9.80. The van der Waals surface area contributed by atoms with Crippen molar-refractivity contribution in [3.63, 3.8) is 0 Å². The van der Waals surface area contributed by atoms with E-state index in [4.69, 9.17) is 0 Å². The van der Waals surface area contributed by atoms with Gasteiger partial charge >= 0.3 is 0 Å². The molecule has 0 aliphatic heterocycles. The molecule has 1 heterocycles. The van der Waals surface area contributed by atoms with Gasteiger partial charge in [-0.25, -0.2) is 0 Å². The summed E-state index contributed by atoms with van der Waals surface area (Å²) in [5.41, 5.74) is 4.36. The highest BCUT2D eigenvalue weighted by molar-refractivity contribution is 5.86. The second kappa shape index (κ2) is 5.21. The Morgan fingerprint density at radius 3 is 2.55 bits per heavy atom. The molecule has 20 heavy (non-hydrogen) atoms. The minimum absolute atomic E-state index is 0.955. The molecular formula is C17H17N3. The lowest BCUT2D eigenvalue weighted by Crippen LogP contribution is -2.08. The summed E-state index contributed by atoms with van der Waals surface area (Å²) < 4.78 is 0. The number of rotatable bonds is 3. The molecule has 0 saturated carbocycles. The molecule has 0 unspecified atom stereocenters. The van der Waals surface area contributed by atoms with Crippen molar-refractivity contribution in [1.82, 2.24) is 4.98 Å². The van der Waals surface area contributed by atoms with Crippen LogP contribution in [0.3, 0.4) is 0 Å².